The SMILES string of the molecule is CCNc1cccc(C(=O)Nc2cc(C)ccc2OC)n1. The van der Waals surface area contributed by atoms with Gasteiger partial charge in [-0.1, -0.05) is 12.1 Å². The van der Waals surface area contributed by atoms with Crippen LogP contribution in [-0.4, -0.2) is 24.5 Å². The molecule has 0 radical (unpaired) electrons. The number of rotatable bonds is 5. The van der Waals surface area contributed by atoms with Crippen LogP contribution >= 0.6 is 0 Å². The van der Waals surface area contributed by atoms with Gasteiger partial charge in [-0.2, -0.15) is 0 Å². The largest absolute Gasteiger partial charge is 0.495 e. The van der Waals surface area contributed by atoms with E-state index in [1.165, 1.54) is 0 Å². The minimum atomic E-state index is -0.265. The lowest BCUT2D eigenvalue weighted by Gasteiger charge is -2.11. The summed E-state index contributed by atoms with van der Waals surface area (Å²) in [4.78, 5) is 16.6. The van der Waals surface area contributed by atoms with Crippen LogP contribution in [0.15, 0.2) is 36.4 Å². The summed E-state index contributed by atoms with van der Waals surface area (Å²) in [6.07, 6.45) is 0. The van der Waals surface area contributed by atoms with Gasteiger partial charge in [-0.3, -0.25) is 4.79 Å². The Bertz CT molecular complexity index is 641. The first kappa shape index (κ1) is 14.8. The molecule has 5 heteroatoms. The zero-order valence-electron chi connectivity index (χ0n) is 12.4. The van der Waals surface area contributed by atoms with E-state index in [-0.39, 0.29) is 5.91 Å². The third kappa shape index (κ3) is 3.72. The Labute approximate surface area is 124 Å². The average molecular weight is 285 g/mol. The highest BCUT2D eigenvalue weighted by molar-refractivity contribution is 6.03. The summed E-state index contributed by atoms with van der Waals surface area (Å²) < 4.78 is 5.25. The van der Waals surface area contributed by atoms with Gasteiger partial charge in [0.25, 0.3) is 5.91 Å². The van der Waals surface area contributed by atoms with Crippen molar-refractivity contribution >= 4 is 17.4 Å². The number of nitrogens with zero attached hydrogens (tertiary/aromatic N) is 1. The lowest BCUT2D eigenvalue weighted by molar-refractivity contribution is 0.102. The van der Waals surface area contributed by atoms with Crippen molar-refractivity contribution in [1.29, 1.82) is 0 Å². The van der Waals surface area contributed by atoms with Crippen molar-refractivity contribution < 1.29 is 9.53 Å². The minimum Gasteiger partial charge on any atom is -0.495 e. The van der Waals surface area contributed by atoms with Crippen LogP contribution in [0, 0.1) is 6.92 Å². The van der Waals surface area contributed by atoms with Gasteiger partial charge in [-0.25, -0.2) is 4.98 Å². The molecule has 0 atom stereocenters. The topological polar surface area (TPSA) is 63.2 Å². The summed E-state index contributed by atoms with van der Waals surface area (Å²) in [6.45, 7) is 4.69. The Morgan fingerprint density at radius 2 is 2.10 bits per heavy atom. The normalized spacial score (nSPS) is 10.0. The Kier molecular flexibility index (Phi) is 4.77. The number of benzene rings is 1. The molecule has 0 fully saturated rings. The lowest BCUT2D eigenvalue weighted by atomic mass is 10.2. The molecule has 2 aromatic rings. The number of aryl methyl sites for hydroxylation is 1. The number of hydrogen-bond acceptors (Lipinski definition) is 4. The molecule has 1 aromatic carbocycles. The predicted molar refractivity (Wildman–Crippen MR) is 84.1 cm³/mol. The van der Waals surface area contributed by atoms with Gasteiger partial charge in [0.15, 0.2) is 0 Å². The highest BCUT2D eigenvalue weighted by atomic mass is 16.5. The second-order valence-electron chi connectivity index (χ2n) is 4.60. The van der Waals surface area contributed by atoms with Crippen LogP contribution in [0.1, 0.15) is 23.0 Å². The summed E-state index contributed by atoms with van der Waals surface area (Å²) in [5.41, 5.74) is 2.04. The summed E-state index contributed by atoms with van der Waals surface area (Å²) >= 11 is 0. The Hall–Kier alpha value is -2.56. The molecule has 21 heavy (non-hydrogen) atoms. The summed E-state index contributed by atoms with van der Waals surface area (Å²) in [6, 6.07) is 10.9. The smallest absolute Gasteiger partial charge is 0.274 e. The van der Waals surface area contributed by atoms with Gasteiger partial charge in [0.1, 0.15) is 17.3 Å². The van der Waals surface area contributed by atoms with E-state index in [0.717, 1.165) is 12.1 Å². The molecule has 0 saturated carbocycles. The van der Waals surface area contributed by atoms with Crippen LogP contribution in [0.5, 0.6) is 5.75 Å². The van der Waals surface area contributed by atoms with Crippen molar-refractivity contribution in [3.05, 3.63) is 47.7 Å². The Morgan fingerprint density at radius 1 is 1.29 bits per heavy atom. The first-order valence-electron chi connectivity index (χ1n) is 6.81. The van der Waals surface area contributed by atoms with Crippen LogP contribution in [0.4, 0.5) is 11.5 Å². The molecule has 0 spiro atoms. The summed E-state index contributed by atoms with van der Waals surface area (Å²) in [5.74, 6) is 1.04. The zero-order valence-corrected chi connectivity index (χ0v) is 12.4. The van der Waals surface area contributed by atoms with E-state index in [4.69, 9.17) is 4.74 Å². The molecule has 1 amide bonds. The van der Waals surface area contributed by atoms with Gasteiger partial charge >= 0.3 is 0 Å². The van der Waals surface area contributed by atoms with Gasteiger partial charge in [-0.05, 0) is 43.7 Å². The molecule has 2 N–H and O–H groups in total. The van der Waals surface area contributed by atoms with Crippen molar-refractivity contribution in [3.8, 4) is 5.75 Å². The first-order chi connectivity index (χ1) is 10.1. The number of carbonyl (C=O) groups excluding carboxylic acids is 1. The van der Waals surface area contributed by atoms with Crippen LogP contribution in [-0.2, 0) is 0 Å². The minimum absolute atomic E-state index is 0.265. The van der Waals surface area contributed by atoms with E-state index in [1.807, 2.05) is 38.1 Å². The molecule has 0 saturated heterocycles. The van der Waals surface area contributed by atoms with Crippen LogP contribution in [0.3, 0.4) is 0 Å². The highest BCUT2D eigenvalue weighted by Gasteiger charge is 2.11. The molecule has 0 aliphatic heterocycles. The number of pyridine rings is 1. The molecular formula is C16H19N3O2. The molecule has 110 valence electrons. The van der Waals surface area contributed by atoms with Crippen molar-refractivity contribution in [2.45, 2.75) is 13.8 Å². The number of methoxy groups -OCH3 is 1. The molecule has 1 heterocycles. The number of hydrogen-bond donors (Lipinski definition) is 2. The molecule has 0 bridgehead atoms. The number of anilines is 2. The second kappa shape index (κ2) is 6.74. The maximum Gasteiger partial charge on any atom is 0.274 e. The third-order valence-electron chi connectivity index (χ3n) is 2.94. The number of aromatic nitrogens is 1. The molecule has 2 rings (SSSR count). The maximum atomic E-state index is 12.3. The van der Waals surface area contributed by atoms with Gasteiger partial charge in [0.05, 0.1) is 12.8 Å². The Morgan fingerprint density at radius 3 is 2.81 bits per heavy atom. The number of amides is 1. The lowest BCUT2D eigenvalue weighted by Crippen LogP contribution is -2.15. The highest BCUT2D eigenvalue weighted by Crippen LogP contribution is 2.25. The zero-order chi connectivity index (χ0) is 15.2. The van der Waals surface area contributed by atoms with Crippen LogP contribution < -0.4 is 15.4 Å². The van der Waals surface area contributed by atoms with Crippen molar-refractivity contribution in [2.24, 2.45) is 0 Å². The molecule has 0 aliphatic carbocycles. The van der Waals surface area contributed by atoms with Gasteiger partial charge in [0, 0.05) is 6.54 Å². The number of nitrogens with one attached hydrogen (secondary N) is 2. The quantitative estimate of drug-likeness (QED) is 0.886. The molecular weight excluding hydrogens is 266 g/mol. The molecule has 0 aliphatic rings. The van der Waals surface area contributed by atoms with Crippen LogP contribution in [0.25, 0.3) is 0 Å². The fourth-order valence-electron chi connectivity index (χ4n) is 1.95. The molecule has 0 unspecified atom stereocenters. The third-order valence-corrected chi connectivity index (χ3v) is 2.94. The van der Waals surface area contributed by atoms with Gasteiger partial charge < -0.3 is 15.4 Å². The maximum absolute atomic E-state index is 12.3. The average Bonchev–Trinajstić information content (AvgIpc) is 2.48. The van der Waals surface area contributed by atoms with Crippen molar-refractivity contribution in [1.82, 2.24) is 4.98 Å². The van der Waals surface area contributed by atoms with E-state index >= 15 is 0 Å². The predicted octanol–water partition coefficient (Wildman–Crippen LogP) is 3.08. The van der Waals surface area contributed by atoms with Gasteiger partial charge in [-0.15, -0.1) is 0 Å². The molecule has 1 aromatic heterocycles. The van der Waals surface area contributed by atoms with Crippen molar-refractivity contribution in [3.63, 3.8) is 0 Å². The fourth-order valence-corrected chi connectivity index (χ4v) is 1.95. The van der Waals surface area contributed by atoms with E-state index in [1.54, 1.807) is 19.2 Å². The van der Waals surface area contributed by atoms with E-state index in [9.17, 15) is 4.79 Å². The van der Waals surface area contributed by atoms with E-state index in [0.29, 0.717) is 22.9 Å². The summed E-state index contributed by atoms with van der Waals surface area (Å²) in [7, 11) is 1.57. The van der Waals surface area contributed by atoms with Crippen LogP contribution in [0.2, 0.25) is 0 Å². The number of ether oxygens (including phenoxy) is 1. The van der Waals surface area contributed by atoms with Crippen molar-refractivity contribution in [2.75, 3.05) is 24.3 Å². The van der Waals surface area contributed by atoms with Gasteiger partial charge in [0.2, 0.25) is 0 Å². The van der Waals surface area contributed by atoms with E-state index in [2.05, 4.69) is 15.6 Å². The first-order valence-corrected chi connectivity index (χ1v) is 6.81. The number of carbonyl (C=O) groups is 1. The Balaban J connectivity index is 2.21. The molecule has 5 nitrogen and oxygen atoms in total. The standard InChI is InChI=1S/C16H19N3O2/c1-4-17-15-7-5-6-12(18-15)16(20)19-13-10-11(2)8-9-14(13)21-3/h5-10H,4H2,1-3H3,(H,17,18)(H,19,20). The fraction of sp³-hybridized carbons (Fsp3) is 0.250. The van der Waals surface area contributed by atoms with E-state index < -0.39 is 0 Å². The monoisotopic (exact) mass is 285 g/mol. The second-order valence-corrected chi connectivity index (χ2v) is 4.60. The summed E-state index contributed by atoms with van der Waals surface area (Å²) in [5, 5.41) is 5.92.